The summed E-state index contributed by atoms with van der Waals surface area (Å²) < 4.78 is 28.3. The highest BCUT2D eigenvalue weighted by atomic mass is 32.2. The topological polar surface area (TPSA) is 67.2 Å². The molecule has 3 rings (SSSR count). The summed E-state index contributed by atoms with van der Waals surface area (Å²) >= 11 is 0. The van der Waals surface area contributed by atoms with Gasteiger partial charge >= 0.3 is 0 Å². The molecule has 2 fully saturated rings. The summed E-state index contributed by atoms with van der Waals surface area (Å²) in [6.45, 7) is 3.27. The number of sulfonamides is 1. The zero-order valence-electron chi connectivity index (χ0n) is 11.2. The van der Waals surface area contributed by atoms with Gasteiger partial charge in [-0.15, -0.1) is 0 Å². The van der Waals surface area contributed by atoms with E-state index in [0.29, 0.717) is 13.1 Å². The third-order valence-corrected chi connectivity index (χ3v) is 6.08. The Morgan fingerprint density at radius 1 is 1.32 bits per heavy atom. The minimum atomic E-state index is -3.41. The predicted molar refractivity (Wildman–Crippen MR) is 71.1 cm³/mol. The molecule has 0 aliphatic carbocycles. The Bertz CT molecular complexity index is 560. The molecule has 0 saturated carbocycles. The molecule has 2 saturated heterocycles. The molecule has 0 unspecified atom stereocenters. The number of nitrogens with one attached hydrogen (secondary N) is 1. The van der Waals surface area contributed by atoms with Crippen molar-refractivity contribution < 1.29 is 8.42 Å². The summed E-state index contributed by atoms with van der Waals surface area (Å²) in [7, 11) is -1.63. The molecule has 0 atom stereocenters. The van der Waals surface area contributed by atoms with E-state index in [9.17, 15) is 8.42 Å². The fourth-order valence-electron chi connectivity index (χ4n) is 3.12. The summed E-state index contributed by atoms with van der Waals surface area (Å²) in [5.74, 6) is 0. The first-order valence-corrected chi connectivity index (χ1v) is 8.15. The molecule has 2 aliphatic heterocycles. The van der Waals surface area contributed by atoms with Gasteiger partial charge in [0.15, 0.2) is 5.03 Å². The molecule has 0 aromatic carbocycles. The Hall–Kier alpha value is -0.920. The van der Waals surface area contributed by atoms with Crippen LogP contribution in [0.5, 0.6) is 0 Å². The molecule has 0 bridgehead atoms. The van der Waals surface area contributed by atoms with Crippen molar-refractivity contribution in [1.82, 2.24) is 19.2 Å². The van der Waals surface area contributed by atoms with Gasteiger partial charge in [-0.3, -0.25) is 0 Å². The number of hydrogen-bond acceptors (Lipinski definition) is 4. The summed E-state index contributed by atoms with van der Waals surface area (Å²) in [6.07, 6.45) is 6.22. The molecular weight excluding hydrogens is 264 g/mol. The molecule has 1 N–H and O–H groups in total. The highest BCUT2D eigenvalue weighted by molar-refractivity contribution is 7.89. The number of rotatable bonds is 2. The Labute approximate surface area is 113 Å². The van der Waals surface area contributed by atoms with Gasteiger partial charge in [0.05, 0.1) is 6.33 Å². The van der Waals surface area contributed by atoms with Gasteiger partial charge in [-0.05, 0) is 37.8 Å². The maximum absolute atomic E-state index is 12.5. The fraction of sp³-hybridized carbons (Fsp3) is 0.750. The molecule has 19 heavy (non-hydrogen) atoms. The molecule has 3 heterocycles. The van der Waals surface area contributed by atoms with E-state index in [1.807, 2.05) is 0 Å². The van der Waals surface area contributed by atoms with E-state index in [2.05, 4.69) is 10.3 Å². The standard InChI is InChI=1S/C12H20N4O2S/c1-15-8-11(14-10-15)19(17,18)16-7-4-12(9-16)2-5-13-6-3-12/h8,10,13H,2-7,9H2,1H3. The highest BCUT2D eigenvalue weighted by Gasteiger charge is 2.43. The highest BCUT2D eigenvalue weighted by Crippen LogP contribution is 2.40. The number of hydrogen-bond donors (Lipinski definition) is 1. The van der Waals surface area contributed by atoms with Crippen LogP contribution in [0.3, 0.4) is 0 Å². The molecule has 0 radical (unpaired) electrons. The third kappa shape index (κ3) is 2.30. The van der Waals surface area contributed by atoms with Crippen molar-refractivity contribution in [3.8, 4) is 0 Å². The van der Waals surface area contributed by atoms with Crippen LogP contribution in [0, 0.1) is 5.41 Å². The van der Waals surface area contributed by atoms with Gasteiger partial charge in [-0.25, -0.2) is 13.4 Å². The lowest BCUT2D eigenvalue weighted by Gasteiger charge is -2.33. The fourth-order valence-corrected chi connectivity index (χ4v) is 4.64. The van der Waals surface area contributed by atoms with Crippen molar-refractivity contribution in [2.75, 3.05) is 26.2 Å². The quantitative estimate of drug-likeness (QED) is 0.841. The smallest absolute Gasteiger partial charge is 0.262 e. The number of piperidine rings is 1. The van der Waals surface area contributed by atoms with E-state index in [-0.39, 0.29) is 10.4 Å². The van der Waals surface area contributed by atoms with Gasteiger partial charge in [-0.1, -0.05) is 0 Å². The molecule has 6 nitrogen and oxygen atoms in total. The minimum Gasteiger partial charge on any atom is -0.339 e. The molecule has 1 aromatic rings. The molecule has 7 heteroatoms. The Morgan fingerprint density at radius 3 is 2.68 bits per heavy atom. The van der Waals surface area contributed by atoms with Crippen molar-refractivity contribution in [2.45, 2.75) is 24.3 Å². The third-order valence-electron chi connectivity index (χ3n) is 4.35. The zero-order chi connectivity index (χ0) is 13.5. The van der Waals surface area contributed by atoms with E-state index >= 15 is 0 Å². The summed E-state index contributed by atoms with van der Waals surface area (Å²) in [5.41, 5.74) is 0.188. The second-order valence-electron chi connectivity index (χ2n) is 5.72. The van der Waals surface area contributed by atoms with Gasteiger partial charge in [0.25, 0.3) is 10.0 Å². The predicted octanol–water partition coefficient (Wildman–Crippen LogP) is 0.184. The Balaban J connectivity index is 1.80. The number of aromatic nitrogens is 2. The van der Waals surface area contributed by atoms with Gasteiger partial charge < -0.3 is 9.88 Å². The number of aryl methyl sites for hydroxylation is 1. The first-order chi connectivity index (χ1) is 9.02. The largest absolute Gasteiger partial charge is 0.339 e. The lowest BCUT2D eigenvalue weighted by molar-refractivity contribution is 0.218. The van der Waals surface area contributed by atoms with Crippen LogP contribution in [0.15, 0.2) is 17.6 Å². The average Bonchev–Trinajstić information content (AvgIpc) is 2.98. The minimum absolute atomic E-state index is 0.168. The van der Waals surface area contributed by atoms with Crippen molar-refractivity contribution in [1.29, 1.82) is 0 Å². The van der Waals surface area contributed by atoms with Crippen molar-refractivity contribution in [3.63, 3.8) is 0 Å². The van der Waals surface area contributed by atoms with Crippen LogP contribution in [0.2, 0.25) is 0 Å². The van der Waals surface area contributed by atoms with Crippen LogP contribution in [-0.2, 0) is 17.1 Å². The molecule has 1 spiro atoms. The van der Waals surface area contributed by atoms with E-state index in [4.69, 9.17) is 0 Å². The lowest BCUT2D eigenvalue weighted by atomic mass is 9.78. The van der Waals surface area contributed by atoms with E-state index in [1.165, 1.54) is 6.33 Å². The van der Waals surface area contributed by atoms with Crippen molar-refractivity contribution in [2.24, 2.45) is 12.5 Å². The van der Waals surface area contributed by atoms with Crippen LogP contribution in [-0.4, -0.2) is 48.5 Å². The summed E-state index contributed by atoms with van der Waals surface area (Å²) in [4.78, 5) is 3.99. The summed E-state index contributed by atoms with van der Waals surface area (Å²) in [6, 6.07) is 0. The van der Waals surface area contributed by atoms with Crippen LogP contribution in [0.1, 0.15) is 19.3 Å². The Morgan fingerprint density at radius 2 is 2.05 bits per heavy atom. The van der Waals surface area contributed by atoms with Gasteiger partial charge in [0, 0.05) is 26.3 Å². The average molecular weight is 284 g/mol. The SMILES string of the molecule is Cn1cnc(S(=O)(=O)N2CCC3(CCNCC3)C2)c1. The first-order valence-electron chi connectivity index (χ1n) is 6.71. The molecular formula is C12H20N4O2S. The van der Waals surface area contributed by atoms with E-state index in [1.54, 1.807) is 22.1 Å². The zero-order valence-corrected chi connectivity index (χ0v) is 12.0. The van der Waals surface area contributed by atoms with Gasteiger partial charge in [0.1, 0.15) is 0 Å². The van der Waals surface area contributed by atoms with E-state index < -0.39 is 10.0 Å². The second-order valence-corrected chi connectivity index (χ2v) is 7.60. The van der Waals surface area contributed by atoms with Crippen LogP contribution in [0.25, 0.3) is 0 Å². The molecule has 1 aromatic heterocycles. The Kier molecular flexibility index (Phi) is 3.15. The lowest BCUT2D eigenvalue weighted by Crippen LogP contribution is -2.39. The second kappa shape index (κ2) is 4.57. The van der Waals surface area contributed by atoms with E-state index in [0.717, 1.165) is 32.4 Å². The normalized spacial score (nSPS) is 24.1. The van der Waals surface area contributed by atoms with Crippen LogP contribution in [0.4, 0.5) is 0 Å². The monoisotopic (exact) mass is 284 g/mol. The first kappa shape index (κ1) is 13.1. The maximum atomic E-state index is 12.5. The van der Waals surface area contributed by atoms with Crippen LogP contribution < -0.4 is 5.32 Å². The number of nitrogens with zero attached hydrogens (tertiary/aromatic N) is 3. The molecule has 2 aliphatic rings. The molecule has 106 valence electrons. The number of imidazole rings is 1. The van der Waals surface area contributed by atoms with Crippen LogP contribution >= 0.6 is 0 Å². The van der Waals surface area contributed by atoms with Crippen molar-refractivity contribution in [3.05, 3.63) is 12.5 Å². The van der Waals surface area contributed by atoms with Gasteiger partial charge in [0.2, 0.25) is 0 Å². The summed E-state index contributed by atoms with van der Waals surface area (Å²) in [5, 5.41) is 3.51. The van der Waals surface area contributed by atoms with Gasteiger partial charge in [-0.2, -0.15) is 4.31 Å². The molecule has 0 amide bonds. The maximum Gasteiger partial charge on any atom is 0.262 e. The van der Waals surface area contributed by atoms with Crippen molar-refractivity contribution >= 4 is 10.0 Å².